The third-order valence-corrected chi connectivity index (χ3v) is 2.31. The summed E-state index contributed by atoms with van der Waals surface area (Å²) >= 11 is 5.78. The fraction of sp³-hybridized carbons (Fsp3) is 0.300. The van der Waals surface area contributed by atoms with Gasteiger partial charge in [0.05, 0.1) is 24.0 Å². The fourth-order valence-electron chi connectivity index (χ4n) is 1.43. The first kappa shape index (κ1) is 10.3. The molecule has 0 spiro atoms. The van der Waals surface area contributed by atoms with Crippen molar-refractivity contribution in [2.24, 2.45) is 0 Å². The maximum atomic E-state index is 5.78. The van der Waals surface area contributed by atoms with Gasteiger partial charge in [0.2, 0.25) is 0 Å². The van der Waals surface area contributed by atoms with E-state index >= 15 is 0 Å². The molecule has 4 nitrogen and oxygen atoms in total. The minimum Gasteiger partial charge on any atom is -0.467 e. The highest BCUT2D eigenvalue weighted by atomic mass is 35.5. The van der Waals surface area contributed by atoms with E-state index in [9.17, 15) is 0 Å². The van der Waals surface area contributed by atoms with Gasteiger partial charge in [-0.05, 0) is 13.1 Å². The molecule has 0 aliphatic rings. The second kappa shape index (κ2) is 4.51. The molecule has 0 aliphatic heterocycles. The third-order valence-electron chi connectivity index (χ3n) is 2.11. The zero-order valence-corrected chi connectivity index (χ0v) is 9.16. The summed E-state index contributed by atoms with van der Waals surface area (Å²) < 4.78 is 7.14. The molecule has 0 aromatic carbocycles. The molecule has 80 valence electrons. The zero-order valence-electron chi connectivity index (χ0n) is 8.40. The van der Waals surface area contributed by atoms with E-state index in [1.54, 1.807) is 23.3 Å². The molecule has 1 N–H and O–H groups in total. The number of nitrogens with one attached hydrogen (secondary N) is 1. The first-order valence-electron chi connectivity index (χ1n) is 4.67. The van der Waals surface area contributed by atoms with Crippen molar-refractivity contribution in [3.05, 3.63) is 41.1 Å². The Morgan fingerprint density at radius 1 is 1.60 bits per heavy atom. The van der Waals surface area contributed by atoms with Crippen LogP contribution in [0.1, 0.15) is 11.3 Å². The van der Waals surface area contributed by atoms with Crippen LogP contribution in [-0.2, 0) is 13.1 Å². The minimum atomic E-state index is 0.608. The van der Waals surface area contributed by atoms with Crippen LogP contribution >= 0.6 is 11.6 Å². The first-order valence-corrected chi connectivity index (χ1v) is 5.05. The van der Waals surface area contributed by atoms with Crippen molar-refractivity contribution in [1.82, 2.24) is 15.1 Å². The average Bonchev–Trinajstić information content (AvgIpc) is 2.78. The lowest BCUT2D eigenvalue weighted by Gasteiger charge is -2.01. The predicted molar refractivity (Wildman–Crippen MR) is 57.8 cm³/mol. The third kappa shape index (κ3) is 2.40. The van der Waals surface area contributed by atoms with Crippen LogP contribution in [-0.4, -0.2) is 16.8 Å². The summed E-state index contributed by atoms with van der Waals surface area (Å²) in [7, 11) is 1.90. The maximum Gasteiger partial charge on any atom is 0.129 e. The molecule has 0 aliphatic carbocycles. The summed E-state index contributed by atoms with van der Waals surface area (Å²) in [5, 5.41) is 7.82. The molecule has 0 saturated heterocycles. The summed E-state index contributed by atoms with van der Waals surface area (Å²) in [6.45, 7) is 1.40. The van der Waals surface area contributed by atoms with Gasteiger partial charge in [-0.2, -0.15) is 5.10 Å². The van der Waals surface area contributed by atoms with E-state index in [4.69, 9.17) is 16.0 Å². The SMILES string of the molecule is CNCc1ccoc1Cn1cc(Cl)cn1. The number of rotatable bonds is 4. The van der Waals surface area contributed by atoms with Crippen molar-refractivity contribution in [3.8, 4) is 0 Å². The summed E-state index contributed by atoms with van der Waals surface area (Å²) in [4.78, 5) is 0. The van der Waals surface area contributed by atoms with Crippen LogP contribution in [0.4, 0.5) is 0 Å². The molecule has 0 atom stereocenters. The number of nitrogens with zero attached hydrogens (tertiary/aromatic N) is 2. The smallest absolute Gasteiger partial charge is 0.129 e. The van der Waals surface area contributed by atoms with Gasteiger partial charge in [-0.3, -0.25) is 4.68 Å². The second-order valence-electron chi connectivity index (χ2n) is 3.26. The number of halogens is 1. The van der Waals surface area contributed by atoms with Gasteiger partial charge in [0.25, 0.3) is 0 Å². The normalized spacial score (nSPS) is 10.8. The van der Waals surface area contributed by atoms with Gasteiger partial charge in [0, 0.05) is 18.3 Å². The monoisotopic (exact) mass is 225 g/mol. The number of aromatic nitrogens is 2. The number of hydrogen-bond donors (Lipinski definition) is 1. The lowest BCUT2D eigenvalue weighted by Crippen LogP contribution is -2.08. The van der Waals surface area contributed by atoms with Crippen molar-refractivity contribution in [3.63, 3.8) is 0 Å². The van der Waals surface area contributed by atoms with Crippen LogP contribution < -0.4 is 5.32 Å². The molecule has 2 rings (SSSR count). The summed E-state index contributed by atoms with van der Waals surface area (Å²) in [6.07, 6.45) is 5.07. The van der Waals surface area contributed by atoms with E-state index in [-0.39, 0.29) is 0 Å². The highest BCUT2D eigenvalue weighted by Gasteiger charge is 2.06. The number of furan rings is 1. The largest absolute Gasteiger partial charge is 0.467 e. The Balaban J connectivity index is 2.13. The van der Waals surface area contributed by atoms with E-state index in [2.05, 4.69) is 10.4 Å². The average molecular weight is 226 g/mol. The van der Waals surface area contributed by atoms with Crippen molar-refractivity contribution < 1.29 is 4.42 Å². The molecule has 0 amide bonds. The van der Waals surface area contributed by atoms with E-state index in [0.717, 1.165) is 17.9 Å². The van der Waals surface area contributed by atoms with E-state index < -0.39 is 0 Å². The molecule has 0 radical (unpaired) electrons. The van der Waals surface area contributed by atoms with Crippen LogP contribution in [0.2, 0.25) is 5.02 Å². The van der Waals surface area contributed by atoms with E-state index in [0.29, 0.717) is 11.6 Å². The van der Waals surface area contributed by atoms with Gasteiger partial charge in [0.15, 0.2) is 0 Å². The highest BCUT2D eigenvalue weighted by molar-refractivity contribution is 6.30. The molecule has 0 bridgehead atoms. The Morgan fingerprint density at radius 3 is 3.13 bits per heavy atom. The van der Waals surface area contributed by atoms with E-state index in [1.165, 1.54) is 0 Å². The van der Waals surface area contributed by atoms with Gasteiger partial charge in [0.1, 0.15) is 5.76 Å². The van der Waals surface area contributed by atoms with Crippen LogP contribution in [0.25, 0.3) is 0 Å². The quantitative estimate of drug-likeness (QED) is 0.864. The van der Waals surface area contributed by atoms with Crippen molar-refractivity contribution in [1.29, 1.82) is 0 Å². The second-order valence-corrected chi connectivity index (χ2v) is 3.69. The molecular weight excluding hydrogens is 214 g/mol. The Hall–Kier alpha value is -1.26. The Kier molecular flexibility index (Phi) is 3.08. The summed E-state index contributed by atoms with van der Waals surface area (Å²) in [5.74, 6) is 0.907. The molecule has 5 heteroatoms. The molecule has 15 heavy (non-hydrogen) atoms. The van der Waals surface area contributed by atoms with E-state index in [1.807, 2.05) is 13.1 Å². The van der Waals surface area contributed by atoms with Gasteiger partial charge >= 0.3 is 0 Å². The van der Waals surface area contributed by atoms with Gasteiger partial charge < -0.3 is 9.73 Å². The van der Waals surface area contributed by atoms with Gasteiger partial charge in [-0.1, -0.05) is 11.6 Å². The predicted octanol–water partition coefficient (Wildman–Crippen LogP) is 1.90. The van der Waals surface area contributed by atoms with Crippen LogP contribution in [0.5, 0.6) is 0 Å². The molecule has 2 aromatic heterocycles. The Labute approximate surface area is 92.8 Å². The molecule has 0 saturated carbocycles. The number of hydrogen-bond acceptors (Lipinski definition) is 3. The van der Waals surface area contributed by atoms with Crippen LogP contribution in [0, 0.1) is 0 Å². The Morgan fingerprint density at radius 2 is 2.47 bits per heavy atom. The standard InChI is InChI=1S/C10H12ClN3O/c1-12-4-8-2-3-15-10(8)7-14-6-9(11)5-13-14/h2-3,5-6,12H,4,7H2,1H3. The Bertz CT molecular complexity index is 435. The minimum absolute atomic E-state index is 0.608. The fourth-order valence-corrected chi connectivity index (χ4v) is 1.58. The summed E-state index contributed by atoms with van der Waals surface area (Å²) in [5.41, 5.74) is 1.14. The van der Waals surface area contributed by atoms with Gasteiger partial charge in [-0.15, -0.1) is 0 Å². The molecule has 0 fully saturated rings. The zero-order chi connectivity index (χ0) is 10.7. The lowest BCUT2D eigenvalue weighted by molar-refractivity contribution is 0.473. The van der Waals surface area contributed by atoms with Gasteiger partial charge in [-0.25, -0.2) is 0 Å². The lowest BCUT2D eigenvalue weighted by atomic mass is 10.2. The van der Waals surface area contributed by atoms with Crippen molar-refractivity contribution >= 4 is 11.6 Å². The molecule has 2 aromatic rings. The van der Waals surface area contributed by atoms with Crippen molar-refractivity contribution in [2.45, 2.75) is 13.1 Å². The molecule has 0 unspecified atom stereocenters. The van der Waals surface area contributed by atoms with Crippen molar-refractivity contribution in [2.75, 3.05) is 7.05 Å². The highest BCUT2D eigenvalue weighted by Crippen LogP contribution is 2.13. The topological polar surface area (TPSA) is 43.0 Å². The first-order chi connectivity index (χ1) is 7.29. The van der Waals surface area contributed by atoms with Crippen LogP contribution in [0.3, 0.4) is 0 Å². The molecule has 2 heterocycles. The maximum absolute atomic E-state index is 5.78. The van der Waals surface area contributed by atoms with Crippen LogP contribution in [0.15, 0.2) is 29.1 Å². The molecular formula is C10H12ClN3O. The summed E-state index contributed by atoms with van der Waals surface area (Å²) in [6, 6.07) is 1.96.